The fourth-order valence-corrected chi connectivity index (χ4v) is 3.30. The fourth-order valence-electron chi connectivity index (χ4n) is 3.30. The lowest BCUT2D eigenvalue weighted by atomic mass is 9.95. The molecule has 1 aliphatic rings. The molecule has 0 bridgehead atoms. The second-order valence-corrected chi connectivity index (χ2v) is 6.21. The van der Waals surface area contributed by atoms with Crippen LogP contribution in [0.25, 0.3) is 5.52 Å². The Morgan fingerprint density at radius 3 is 2.68 bits per heavy atom. The van der Waals surface area contributed by atoms with E-state index in [0.717, 1.165) is 31.8 Å². The third kappa shape index (κ3) is 2.43. The van der Waals surface area contributed by atoms with Crippen molar-refractivity contribution in [2.45, 2.75) is 38.6 Å². The van der Waals surface area contributed by atoms with Gasteiger partial charge >= 0.3 is 5.97 Å². The Morgan fingerprint density at radius 2 is 2.09 bits per heavy atom. The van der Waals surface area contributed by atoms with Crippen LogP contribution in [0.2, 0.25) is 0 Å². The summed E-state index contributed by atoms with van der Waals surface area (Å²) in [6.07, 6.45) is 3.84. The summed E-state index contributed by atoms with van der Waals surface area (Å²) in [5, 5.41) is 9.39. The molecule has 1 aliphatic heterocycles. The van der Waals surface area contributed by atoms with E-state index in [1.165, 1.54) is 0 Å². The van der Waals surface area contributed by atoms with Gasteiger partial charge < -0.3 is 20.1 Å². The molecular weight excluding hydrogens is 280 g/mol. The quantitative estimate of drug-likeness (QED) is 0.908. The van der Waals surface area contributed by atoms with Crippen molar-refractivity contribution in [1.29, 1.82) is 0 Å². The van der Waals surface area contributed by atoms with Crippen molar-refractivity contribution in [3.63, 3.8) is 0 Å². The number of imidazole rings is 1. The van der Waals surface area contributed by atoms with Crippen LogP contribution in [0.15, 0.2) is 18.3 Å². The Hall–Kier alpha value is -2.08. The van der Waals surface area contributed by atoms with Crippen molar-refractivity contribution in [1.82, 2.24) is 14.3 Å². The van der Waals surface area contributed by atoms with Gasteiger partial charge in [-0.05, 0) is 51.9 Å². The predicted molar refractivity (Wildman–Crippen MR) is 85.2 cm³/mol. The largest absolute Gasteiger partial charge is 0.476 e. The average Bonchev–Trinajstić information content (AvgIpc) is 2.88. The smallest absolute Gasteiger partial charge is 0.356 e. The first-order valence-electron chi connectivity index (χ1n) is 7.72. The molecule has 3 rings (SSSR count). The van der Waals surface area contributed by atoms with E-state index in [1.807, 2.05) is 16.7 Å². The number of carbonyl (C=O) groups is 1. The van der Waals surface area contributed by atoms with Gasteiger partial charge in [0.05, 0.1) is 5.69 Å². The molecule has 2 aromatic heterocycles. The molecular formula is C16H22N4O2. The van der Waals surface area contributed by atoms with Gasteiger partial charge in [-0.2, -0.15) is 0 Å². The number of likely N-dealkylation sites (tertiary alicyclic amines) is 1. The maximum Gasteiger partial charge on any atom is 0.356 e. The number of fused-ring (bicyclic) bond motifs is 1. The van der Waals surface area contributed by atoms with Gasteiger partial charge in [0.1, 0.15) is 11.3 Å². The van der Waals surface area contributed by atoms with Crippen LogP contribution in [0.5, 0.6) is 0 Å². The van der Waals surface area contributed by atoms with Crippen LogP contribution in [-0.4, -0.2) is 44.5 Å². The lowest BCUT2D eigenvalue weighted by Gasteiger charge is -2.34. The molecule has 0 aromatic carbocycles. The van der Waals surface area contributed by atoms with E-state index < -0.39 is 5.97 Å². The van der Waals surface area contributed by atoms with Crippen molar-refractivity contribution < 1.29 is 9.90 Å². The van der Waals surface area contributed by atoms with Crippen molar-refractivity contribution >= 4 is 17.2 Å². The van der Waals surface area contributed by atoms with E-state index in [9.17, 15) is 9.90 Å². The molecule has 0 aliphatic carbocycles. The number of nitrogens with two attached hydrogens (primary N) is 1. The standard InChI is InChI=1S/C16H22N4O2/c1-10(2)19-8-5-11(6-9-19)15-18-13(16(21)22)14-12(17)4-3-7-20(14)15/h3-4,7,10-11H,5-6,8-9,17H2,1-2H3,(H,21,22). The fraction of sp³-hybridized carbons (Fsp3) is 0.500. The number of carboxylic acid groups (broad SMARTS) is 1. The van der Waals surface area contributed by atoms with Crippen LogP contribution in [0, 0.1) is 0 Å². The van der Waals surface area contributed by atoms with Gasteiger partial charge in [-0.3, -0.25) is 0 Å². The monoisotopic (exact) mass is 302 g/mol. The molecule has 22 heavy (non-hydrogen) atoms. The van der Waals surface area contributed by atoms with Crippen molar-refractivity contribution in [3.05, 3.63) is 29.8 Å². The van der Waals surface area contributed by atoms with Crippen molar-refractivity contribution in [2.24, 2.45) is 0 Å². The van der Waals surface area contributed by atoms with Gasteiger partial charge in [0.25, 0.3) is 0 Å². The lowest BCUT2D eigenvalue weighted by Crippen LogP contribution is -2.38. The second kappa shape index (κ2) is 5.61. The summed E-state index contributed by atoms with van der Waals surface area (Å²) in [6, 6.07) is 4.10. The molecule has 0 spiro atoms. The minimum atomic E-state index is -1.03. The van der Waals surface area contributed by atoms with Crippen LogP contribution in [0.4, 0.5) is 5.69 Å². The summed E-state index contributed by atoms with van der Waals surface area (Å²) < 4.78 is 1.86. The zero-order chi connectivity index (χ0) is 15.9. The number of hydrogen-bond donors (Lipinski definition) is 2. The van der Waals surface area contributed by atoms with Crippen molar-refractivity contribution in [3.8, 4) is 0 Å². The zero-order valence-corrected chi connectivity index (χ0v) is 13.0. The number of anilines is 1. The highest BCUT2D eigenvalue weighted by atomic mass is 16.4. The number of rotatable bonds is 3. The summed E-state index contributed by atoms with van der Waals surface area (Å²) in [6.45, 7) is 6.44. The van der Waals surface area contributed by atoms with Gasteiger partial charge in [0, 0.05) is 18.2 Å². The molecule has 0 radical (unpaired) electrons. The van der Waals surface area contributed by atoms with Gasteiger partial charge in [-0.1, -0.05) is 0 Å². The number of nitrogens with zero attached hydrogens (tertiary/aromatic N) is 3. The molecule has 0 atom stereocenters. The highest BCUT2D eigenvalue weighted by Gasteiger charge is 2.28. The van der Waals surface area contributed by atoms with Crippen LogP contribution >= 0.6 is 0 Å². The number of hydrogen-bond acceptors (Lipinski definition) is 4. The van der Waals surface area contributed by atoms with E-state index in [-0.39, 0.29) is 11.6 Å². The van der Waals surface area contributed by atoms with E-state index in [0.29, 0.717) is 17.2 Å². The van der Waals surface area contributed by atoms with Crippen LogP contribution in [0.1, 0.15) is 48.9 Å². The number of nitrogen functional groups attached to an aromatic ring is 1. The van der Waals surface area contributed by atoms with Crippen LogP contribution < -0.4 is 5.73 Å². The molecule has 0 amide bonds. The molecule has 1 fully saturated rings. The minimum absolute atomic E-state index is 0.0550. The maximum atomic E-state index is 11.5. The highest BCUT2D eigenvalue weighted by molar-refractivity contribution is 5.97. The Labute approximate surface area is 129 Å². The maximum absolute atomic E-state index is 11.5. The van der Waals surface area contributed by atoms with Gasteiger partial charge in [-0.15, -0.1) is 0 Å². The Bertz CT molecular complexity index is 699. The van der Waals surface area contributed by atoms with Crippen LogP contribution in [-0.2, 0) is 0 Å². The zero-order valence-electron chi connectivity index (χ0n) is 13.0. The van der Waals surface area contributed by atoms with E-state index in [2.05, 4.69) is 23.7 Å². The molecule has 1 saturated heterocycles. The molecule has 6 heteroatoms. The number of carboxylic acids is 1. The average molecular weight is 302 g/mol. The Balaban J connectivity index is 1.98. The molecule has 118 valence electrons. The highest BCUT2D eigenvalue weighted by Crippen LogP contribution is 2.31. The van der Waals surface area contributed by atoms with E-state index in [4.69, 9.17) is 5.73 Å². The number of aromatic carboxylic acids is 1. The van der Waals surface area contributed by atoms with E-state index >= 15 is 0 Å². The molecule has 0 saturated carbocycles. The van der Waals surface area contributed by atoms with Crippen LogP contribution in [0.3, 0.4) is 0 Å². The summed E-state index contributed by atoms with van der Waals surface area (Å²) >= 11 is 0. The Morgan fingerprint density at radius 1 is 1.41 bits per heavy atom. The minimum Gasteiger partial charge on any atom is -0.476 e. The first-order chi connectivity index (χ1) is 10.5. The molecule has 6 nitrogen and oxygen atoms in total. The first-order valence-corrected chi connectivity index (χ1v) is 7.72. The van der Waals surface area contributed by atoms with Gasteiger partial charge in [0.15, 0.2) is 5.69 Å². The van der Waals surface area contributed by atoms with Gasteiger partial charge in [0.2, 0.25) is 0 Å². The molecule has 2 aromatic rings. The second-order valence-electron chi connectivity index (χ2n) is 6.21. The SMILES string of the molecule is CC(C)N1CCC(c2nc(C(=O)O)c3c(N)cccn23)CC1. The molecule has 0 unspecified atom stereocenters. The third-order valence-electron chi connectivity index (χ3n) is 4.55. The number of aromatic nitrogens is 2. The third-order valence-corrected chi connectivity index (χ3v) is 4.55. The first kappa shape index (κ1) is 14.8. The lowest BCUT2D eigenvalue weighted by molar-refractivity contribution is 0.0693. The molecule has 3 N–H and O–H groups in total. The summed E-state index contributed by atoms with van der Waals surface area (Å²) in [5.41, 5.74) is 6.99. The van der Waals surface area contributed by atoms with E-state index in [1.54, 1.807) is 6.07 Å². The van der Waals surface area contributed by atoms with Crippen molar-refractivity contribution in [2.75, 3.05) is 18.8 Å². The summed E-state index contributed by atoms with van der Waals surface area (Å²) in [5.74, 6) is 0.0711. The molecule has 3 heterocycles. The number of pyridine rings is 1. The number of piperidine rings is 1. The predicted octanol–water partition coefficient (Wildman–Crippen LogP) is 2.20. The Kier molecular flexibility index (Phi) is 3.78. The topological polar surface area (TPSA) is 83.9 Å². The van der Waals surface area contributed by atoms with Gasteiger partial charge in [-0.25, -0.2) is 9.78 Å². The normalized spacial score (nSPS) is 17.4. The summed E-state index contributed by atoms with van der Waals surface area (Å²) in [7, 11) is 0. The summed E-state index contributed by atoms with van der Waals surface area (Å²) in [4.78, 5) is 18.3.